The lowest BCUT2D eigenvalue weighted by Gasteiger charge is -2.09. The van der Waals surface area contributed by atoms with Crippen molar-refractivity contribution in [2.45, 2.75) is 40.7 Å². The highest BCUT2D eigenvalue weighted by molar-refractivity contribution is 5.99. The normalized spacial score (nSPS) is 20.5. The van der Waals surface area contributed by atoms with Crippen LogP contribution in [0.25, 0.3) is 0 Å². The van der Waals surface area contributed by atoms with Crippen LogP contribution in [-0.2, 0) is 0 Å². The number of nitrogens with two attached hydrogens (primary N) is 1. The minimum Gasteiger partial charge on any atom is -0.398 e. The minimum absolute atomic E-state index is 0.121. The molecule has 1 aliphatic carbocycles. The monoisotopic (exact) mass is 247 g/mol. The molecule has 0 radical (unpaired) electrons. The molecule has 0 bridgehead atoms. The zero-order chi connectivity index (χ0) is 13.7. The summed E-state index contributed by atoms with van der Waals surface area (Å²) < 4.78 is 0. The van der Waals surface area contributed by atoms with E-state index in [0.29, 0.717) is 11.3 Å². The highest BCUT2D eigenvalue weighted by Gasteiger charge is 2.65. The van der Waals surface area contributed by atoms with Crippen molar-refractivity contribution < 1.29 is 4.79 Å². The first-order valence-corrected chi connectivity index (χ1v) is 6.21. The Morgan fingerprint density at radius 3 is 2.33 bits per heavy atom. The molecule has 0 spiro atoms. The summed E-state index contributed by atoms with van der Waals surface area (Å²) in [6.45, 7) is 10.5. The molecular weight excluding hydrogens is 226 g/mol. The van der Waals surface area contributed by atoms with E-state index in [9.17, 15) is 4.79 Å². The molecule has 3 N–H and O–H groups in total. The molecular formula is C14H21N3O. The molecule has 0 saturated heterocycles. The van der Waals surface area contributed by atoms with Crippen LogP contribution in [0.5, 0.6) is 0 Å². The number of anilines is 1. The van der Waals surface area contributed by atoms with Crippen LogP contribution in [-0.4, -0.2) is 16.9 Å². The molecule has 0 aromatic carbocycles. The van der Waals surface area contributed by atoms with Crippen molar-refractivity contribution in [3.05, 3.63) is 23.5 Å². The van der Waals surface area contributed by atoms with Crippen LogP contribution in [0.2, 0.25) is 0 Å². The molecule has 4 heteroatoms. The highest BCUT2D eigenvalue weighted by atomic mass is 16.1. The van der Waals surface area contributed by atoms with Crippen molar-refractivity contribution in [2.75, 3.05) is 5.73 Å². The number of nitrogens with zero attached hydrogens (tertiary/aromatic N) is 1. The molecule has 2 rings (SSSR count). The first-order valence-electron chi connectivity index (χ1n) is 6.21. The van der Waals surface area contributed by atoms with Crippen LogP contribution < -0.4 is 11.1 Å². The third-order valence-electron chi connectivity index (χ3n) is 4.61. The SMILES string of the molecule is Cc1cc(N)c(C(=O)NC2C(C)(C)C2(C)C)cn1. The molecule has 0 atom stereocenters. The van der Waals surface area contributed by atoms with Crippen LogP contribution in [0, 0.1) is 17.8 Å². The zero-order valence-corrected chi connectivity index (χ0v) is 11.7. The van der Waals surface area contributed by atoms with Gasteiger partial charge in [-0.25, -0.2) is 0 Å². The molecule has 0 unspecified atom stereocenters. The fourth-order valence-corrected chi connectivity index (χ4v) is 2.54. The van der Waals surface area contributed by atoms with Crippen molar-refractivity contribution in [2.24, 2.45) is 10.8 Å². The number of carbonyl (C=O) groups excluding carboxylic acids is 1. The van der Waals surface area contributed by atoms with E-state index in [1.807, 2.05) is 6.92 Å². The van der Waals surface area contributed by atoms with E-state index in [-0.39, 0.29) is 22.8 Å². The molecule has 1 fully saturated rings. The van der Waals surface area contributed by atoms with Gasteiger partial charge < -0.3 is 11.1 Å². The van der Waals surface area contributed by atoms with E-state index in [4.69, 9.17) is 5.73 Å². The second-order valence-corrected chi connectivity index (χ2v) is 6.26. The van der Waals surface area contributed by atoms with Gasteiger partial charge in [0.1, 0.15) is 0 Å². The summed E-state index contributed by atoms with van der Waals surface area (Å²) in [4.78, 5) is 16.3. The average molecular weight is 247 g/mol. The van der Waals surface area contributed by atoms with Gasteiger partial charge >= 0.3 is 0 Å². The van der Waals surface area contributed by atoms with Crippen molar-refractivity contribution in [3.63, 3.8) is 0 Å². The Hall–Kier alpha value is -1.58. The first-order chi connectivity index (χ1) is 8.18. The van der Waals surface area contributed by atoms with Gasteiger partial charge in [-0.15, -0.1) is 0 Å². The fourth-order valence-electron chi connectivity index (χ4n) is 2.54. The Morgan fingerprint density at radius 2 is 1.89 bits per heavy atom. The van der Waals surface area contributed by atoms with Crippen LogP contribution in [0.3, 0.4) is 0 Å². The largest absolute Gasteiger partial charge is 0.398 e. The number of aryl methyl sites for hydroxylation is 1. The number of amides is 1. The van der Waals surface area contributed by atoms with E-state index >= 15 is 0 Å². The van der Waals surface area contributed by atoms with Gasteiger partial charge in [0.2, 0.25) is 0 Å². The number of nitrogens with one attached hydrogen (secondary N) is 1. The molecule has 1 aliphatic rings. The predicted octanol–water partition coefficient (Wildman–Crippen LogP) is 2.14. The number of rotatable bonds is 2. The third kappa shape index (κ3) is 1.76. The van der Waals surface area contributed by atoms with Crippen molar-refractivity contribution in [1.29, 1.82) is 0 Å². The molecule has 18 heavy (non-hydrogen) atoms. The highest BCUT2D eigenvalue weighted by Crippen LogP contribution is 2.62. The second-order valence-electron chi connectivity index (χ2n) is 6.26. The number of hydrogen-bond acceptors (Lipinski definition) is 3. The lowest BCUT2D eigenvalue weighted by atomic mass is 10.0. The van der Waals surface area contributed by atoms with E-state index in [1.165, 1.54) is 0 Å². The van der Waals surface area contributed by atoms with E-state index in [1.54, 1.807) is 12.3 Å². The van der Waals surface area contributed by atoms with E-state index in [2.05, 4.69) is 38.0 Å². The number of aromatic nitrogens is 1. The van der Waals surface area contributed by atoms with Crippen molar-refractivity contribution in [1.82, 2.24) is 10.3 Å². The first kappa shape index (κ1) is 12.9. The Kier molecular flexibility index (Phi) is 2.65. The van der Waals surface area contributed by atoms with Crippen LogP contribution in [0.1, 0.15) is 43.7 Å². The van der Waals surface area contributed by atoms with Crippen LogP contribution in [0.4, 0.5) is 5.69 Å². The quantitative estimate of drug-likeness (QED) is 0.841. The fraction of sp³-hybridized carbons (Fsp3) is 0.571. The molecule has 98 valence electrons. The summed E-state index contributed by atoms with van der Waals surface area (Å²) in [7, 11) is 0. The molecule has 0 aliphatic heterocycles. The lowest BCUT2D eigenvalue weighted by Crippen LogP contribution is -2.30. The summed E-state index contributed by atoms with van der Waals surface area (Å²) in [5.41, 5.74) is 7.85. The number of pyridine rings is 1. The molecule has 1 aromatic heterocycles. The van der Waals surface area contributed by atoms with Crippen molar-refractivity contribution >= 4 is 11.6 Å². The number of nitrogen functional groups attached to an aromatic ring is 1. The Bertz CT molecular complexity index is 492. The Balaban J connectivity index is 2.15. The zero-order valence-electron chi connectivity index (χ0n) is 11.7. The molecule has 1 aromatic rings. The molecule has 1 amide bonds. The Labute approximate surface area is 108 Å². The minimum atomic E-state index is -0.136. The van der Waals surface area contributed by atoms with Gasteiger partial charge in [0.25, 0.3) is 5.91 Å². The van der Waals surface area contributed by atoms with Crippen molar-refractivity contribution in [3.8, 4) is 0 Å². The second kappa shape index (κ2) is 3.70. The maximum atomic E-state index is 12.2. The third-order valence-corrected chi connectivity index (χ3v) is 4.61. The summed E-state index contributed by atoms with van der Waals surface area (Å²) in [5.74, 6) is -0.136. The van der Waals surface area contributed by atoms with Gasteiger partial charge in [0.15, 0.2) is 0 Å². The number of carbonyl (C=O) groups is 1. The lowest BCUT2D eigenvalue weighted by molar-refractivity contribution is 0.0944. The topological polar surface area (TPSA) is 68.0 Å². The maximum Gasteiger partial charge on any atom is 0.255 e. The molecule has 1 heterocycles. The summed E-state index contributed by atoms with van der Waals surface area (Å²) in [5, 5.41) is 3.05. The molecule has 1 saturated carbocycles. The number of hydrogen-bond donors (Lipinski definition) is 2. The van der Waals surface area contributed by atoms with E-state index < -0.39 is 0 Å². The van der Waals surface area contributed by atoms with Gasteiger partial charge in [-0.1, -0.05) is 27.7 Å². The predicted molar refractivity (Wildman–Crippen MR) is 72.2 cm³/mol. The van der Waals surface area contributed by atoms with Gasteiger partial charge in [-0.2, -0.15) is 0 Å². The summed E-state index contributed by atoms with van der Waals surface area (Å²) in [6, 6.07) is 1.90. The van der Waals surface area contributed by atoms with Crippen LogP contribution >= 0.6 is 0 Å². The molecule has 4 nitrogen and oxygen atoms in total. The van der Waals surface area contributed by atoms with E-state index in [0.717, 1.165) is 5.69 Å². The van der Waals surface area contributed by atoms with Gasteiger partial charge in [-0.05, 0) is 23.8 Å². The van der Waals surface area contributed by atoms with Gasteiger partial charge in [-0.3, -0.25) is 9.78 Å². The van der Waals surface area contributed by atoms with Crippen LogP contribution in [0.15, 0.2) is 12.3 Å². The standard InChI is InChI=1S/C14H21N3O/c1-8-6-10(15)9(7-16-8)11(18)17-12-13(2,3)14(12,4)5/h6-7,12H,1-5H3,(H2,15,16)(H,17,18). The average Bonchev–Trinajstić information content (AvgIpc) is 2.60. The van der Waals surface area contributed by atoms with Gasteiger partial charge in [0, 0.05) is 23.6 Å². The summed E-state index contributed by atoms with van der Waals surface area (Å²) in [6.07, 6.45) is 1.54. The summed E-state index contributed by atoms with van der Waals surface area (Å²) >= 11 is 0. The van der Waals surface area contributed by atoms with Gasteiger partial charge in [0.05, 0.1) is 5.56 Å². The maximum absolute atomic E-state index is 12.2. The smallest absolute Gasteiger partial charge is 0.255 e. The Morgan fingerprint density at radius 1 is 1.33 bits per heavy atom.